The zero-order valence-corrected chi connectivity index (χ0v) is 15.1. The maximum absolute atomic E-state index is 12.9. The van der Waals surface area contributed by atoms with Crippen LogP contribution in [0.5, 0.6) is 5.75 Å². The summed E-state index contributed by atoms with van der Waals surface area (Å²) in [5.41, 5.74) is 2.12. The molecule has 1 aliphatic heterocycles. The third kappa shape index (κ3) is 3.60. The minimum atomic E-state index is -3.59. The molecule has 1 heterocycles. The van der Waals surface area contributed by atoms with Gasteiger partial charge < -0.3 is 4.74 Å². The number of fused-ring (bicyclic) bond motifs is 1. The normalized spacial score (nSPS) is 18.5. The fourth-order valence-corrected chi connectivity index (χ4v) is 4.90. The Balaban J connectivity index is 1.90. The summed E-state index contributed by atoms with van der Waals surface area (Å²) >= 11 is 0. The van der Waals surface area contributed by atoms with Crippen LogP contribution in [0.25, 0.3) is 0 Å². The minimum Gasteiger partial charge on any atom is -0.497 e. The lowest BCUT2D eigenvalue weighted by Crippen LogP contribution is -2.43. The molecule has 0 saturated carbocycles. The molecular weight excluding hydrogens is 338 g/mol. The molecule has 1 aliphatic rings. The number of ether oxygens (including phenoxy) is 1. The molecule has 132 valence electrons. The molecule has 0 N–H and O–H groups in total. The van der Waals surface area contributed by atoms with Gasteiger partial charge >= 0.3 is 0 Å². The Morgan fingerprint density at radius 1 is 1.16 bits per heavy atom. The lowest BCUT2D eigenvalue weighted by molar-refractivity contribution is 0.0915. The van der Waals surface area contributed by atoms with Crippen LogP contribution in [0.1, 0.15) is 28.4 Å². The van der Waals surface area contributed by atoms with E-state index in [0.717, 1.165) is 5.56 Å². The molecule has 5 nitrogen and oxygen atoms in total. The van der Waals surface area contributed by atoms with E-state index in [-0.39, 0.29) is 18.1 Å². The van der Waals surface area contributed by atoms with Crippen LogP contribution in [0.4, 0.5) is 0 Å². The van der Waals surface area contributed by atoms with Crippen molar-refractivity contribution in [1.29, 1.82) is 0 Å². The monoisotopic (exact) mass is 359 g/mol. The van der Waals surface area contributed by atoms with Gasteiger partial charge in [0.05, 0.1) is 18.9 Å². The first kappa shape index (κ1) is 17.6. The predicted octanol–water partition coefficient (Wildman–Crippen LogP) is 2.65. The van der Waals surface area contributed by atoms with Crippen molar-refractivity contribution < 1.29 is 17.9 Å². The average Bonchev–Trinajstić information content (AvgIpc) is 2.73. The van der Waals surface area contributed by atoms with Gasteiger partial charge in [0.2, 0.25) is 10.0 Å². The van der Waals surface area contributed by atoms with Gasteiger partial charge in [-0.3, -0.25) is 4.79 Å². The molecule has 1 unspecified atom stereocenters. The Morgan fingerprint density at radius 2 is 1.88 bits per heavy atom. The van der Waals surface area contributed by atoms with E-state index in [2.05, 4.69) is 0 Å². The van der Waals surface area contributed by atoms with Crippen LogP contribution in [0, 0.1) is 0 Å². The highest BCUT2D eigenvalue weighted by Crippen LogP contribution is 2.26. The Kier molecular flexibility index (Phi) is 4.92. The summed E-state index contributed by atoms with van der Waals surface area (Å²) in [5.74, 6) is 0.386. The summed E-state index contributed by atoms with van der Waals surface area (Å²) in [6, 6.07) is 13.6. The van der Waals surface area contributed by atoms with Gasteiger partial charge in [0, 0.05) is 12.1 Å². The zero-order valence-electron chi connectivity index (χ0n) is 14.3. The Morgan fingerprint density at radius 3 is 2.56 bits per heavy atom. The third-order valence-electron chi connectivity index (χ3n) is 4.54. The molecule has 3 rings (SSSR count). The molecule has 2 aromatic rings. The summed E-state index contributed by atoms with van der Waals surface area (Å²) in [5, 5.41) is 0. The van der Waals surface area contributed by atoms with E-state index in [1.807, 2.05) is 24.3 Å². The van der Waals surface area contributed by atoms with Crippen molar-refractivity contribution in [2.24, 2.45) is 0 Å². The van der Waals surface area contributed by atoms with Gasteiger partial charge in [0.1, 0.15) is 5.75 Å². The number of nitrogens with zero attached hydrogens (tertiary/aromatic N) is 1. The highest BCUT2D eigenvalue weighted by atomic mass is 32.2. The van der Waals surface area contributed by atoms with E-state index in [9.17, 15) is 13.2 Å². The van der Waals surface area contributed by atoms with Crippen LogP contribution >= 0.6 is 0 Å². The van der Waals surface area contributed by atoms with Crippen molar-refractivity contribution in [2.45, 2.75) is 25.1 Å². The van der Waals surface area contributed by atoms with Gasteiger partial charge in [-0.1, -0.05) is 30.3 Å². The molecule has 0 amide bonds. The standard InChI is InChI=1S/C19H21NO4S/c1-14-19(21)18-9-8-17(24-2)12-16(18)10-11-20(14)25(22,23)13-15-6-4-3-5-7-15/h3-9,12,14H,10-11,13H2,1-2H3. The lowest BCUT2D eigenvalue weighted by atomic mass is 9.99. The molecule has 25 heavy (non-hydrogen) atoms. The lowest BCUT2D eigenvalue weighted by Gasteiger charge is -2.25. The quantitative estimate of drug-likeness (QED) is 0.842. The fourth-order valence-electron chi connectivity index (χ4n) is 3.17. The van der Waals surface area contributed by atoms with E-state index >= 15 is 0 Å². The number of hydrogen-bond donors (Lipinski definition) is 0. The van der Waals surface area contributed by atoms with Crippen LogP contribution in [0.2, 0.25) is 0 Å². The van der Waals surface area contributed by atoms with Gasteiger partial charge in [-0.05, 0) is 42.7 Å². The molecule has 0 radical (unpaired) electrons. The van der Waals surface area contributed by atoms with Crippen molar-refractivity contribution in [1.82, 2.24) is 4.31 Å². The zero-order chi connectivity index (χ0) is 18.0. The van der Waals surface area contributed by atoms with Crippen molar-refractivity contribution >= 4 is 15.8 Å². The molecule has 0 saturated heterocycles. The van der Waals surface area contributed by atoms with E-state index in [4.69, 9.17) is 4.74 Å². The summed E-state index contributed by atoms with van der Waals surface area (Å²) in [7, 11) is -2.03. The first-order valence-electron chi connectivity index (χ1n) is 8.17. The van der Waals surface area contributed by atoms with Crippen LogP contribution in [0.3, 0.4) is 0 Å². The summed E-state index contributed by atoms with van der Waals surface area (Å²) in [6.07, 6.45) is 0.483. The number of benzene rings is 2. The molecule has 0 bridgehead atoms. The molecular formula is C19H21NO4S. The first-order chi connectivity index (χ1) is 11.9. The summed E-state index contributed by atoms with van der Waals surface area (Å²) < 4.78 is 32.3. The number of ketones is 1. The average molecular weight is 359 g/mol. The molecule has 6 heteroatoms. The number of Topliss-reactive ketones (excluding diaryl/α,β-unsaturated/α-hetero) is 1. The van der Waals surface area contributed by atoms with Crippen molar-refractivity contribution in [3.63, 3.8) is 0 Å². The van der Waals surface area contributed by atoms with Gasteiger partial charge in [-0.25, -0.2) is 8.42 Å². The van der Waals surface area contributed by atoms with Gasteiger partial charge in [-0.15, -0.1) is 0 Å². The topological polar surface area (TPSA) is 63.7 Å². The Labute approximate surface area is 148 Å². The molecule has 0 spiro atoms. The van der Waals surface area contributed by atoms with E-state index in [0.29, 0.717) is 23.3 Å². The molecule has 0 fully saturated rings. The minimum absolute atomic E-state index is 0.106. The van der Waals surface area contributed by atoms with Gasteiger partial charge in [0.15, 0.2) is 5.78 Å². The molecule has 2 aromatic carbocycles. The second kappa shape index (κ2) is 6.98. The maximum Gasteiger partial charge on any atom is 0.218 e. The number of sulfonamides is 1. The fraction of sp³-hybridized carbons (Fsp3) is 0.316. The predicted molar refractivity (Wildman–Crippen MR) is 96.3 cm³/mol. The maximum atomic E-state index is 12.9. The third-order valence-corrected chi connectivity index (χ3v) is 6.45. The van der Waals surface area contributed by atoms with Gasteiger partial charge in [-0.2, -0.15) is 4.31 Å². The number of methoxy groups -OCH3 is 1. The Hall–Kier alpha value is -2.18. The number of carbonyl (C=O) groups is 1. The highest BCUT2D eigenvalue weighted by Gasteiger charge is 2.35. The second-order valence-electron chi connectivity index (χ2n) is 6.17. The molecule has 0 aromatic heterocycles. The van der Waals surface area contributed by atoms with E-state index in [1.165, 1.54) is 4.31 Å². The van der Waals surface area contributed by atoms with E-state index < -0.39 is 16.1 Å². The first-order valence-corrected chi connectivity index (χ1v) is 9.78. The number of rotatable bonds is 4. The van der Waals surface area contributed by atoms with Crippen LogP contribution in [0.15, 0.2) is 48.5 Å². The van der Waals surface area contributed by atoms with Crippen LogP contribution in [-0.2, 0) is 22.2 Å². The summed E-state index contributed by atoms with van der Waals surface area (Å²) in [6.45, 7) is 1.94. The number of hydrogen-bond acceptors (Lipinski definition) is 4. The van der Waals surface area contributed by atoms with Crippen molar-refractivity contribution in [3.8, 4) is 5.75 Å². The van der Waals surface area contributed by atoms with E-state index in [1.54, 1.807) is 38.3 Å². The summed E-state index contributed by atoms with van der Waals surface area (Å²) in [4.78, 5) is 12.8. The second-order valence-corrected chi connectivity index (χ2v) is 8.09. The number of carbonyl (C=O) groups excluding carboxylic acids is 1. The van der Waals surface area contributed by atoms with Crippen molar-refractivity contribution in [3.05, 3.63) is 65.2 Å². The Bertz CT molecular complexity index is 878. The largest absolute Gasteiger partial charge is 0.497 e. The van der Waals surface area contributed by atoms with Crippen molar-refractivity contribution in [2.75, 3.05) is 13.7 Å². The smallest absolute Gasteiger partial charge is 0.218 e. The molecule has 0 aliphatic carbocycles. The SMILES string of the molecule is COc1ccc2c(c1)CCN(S(=O)(=O)Cc1ccccc1)C(C)C2=O. The van der Waals surface area contributed by atoms with Gasteiger partial charge in [0.25, 0.3) is 0 Å². The van der Waals surface area contributed by atoms with Crippen LogP contribution < -0.4 is 4.74 Å². The molecule has 1 atom stereocenters. The highest BCUT2D eigenvalue weighted by molar-refractivity contribution is 7.88. The van der Waals surface area contributed by atoms with Crippen LogP contribution in [-0.4, -0.2) is 38.2 Å².